The summed E-state index contributed by atoms with van der Waals surface area (Å²) in [5.41, 5.74) is 0.741. The van der Waals surface area contributed by atoms with Crippen molar-refractivity contribution in [3.05, 3.63) is 46.7 Å². The van der Waals surface area contributed by atoms with Gasteiger partial charge in [0.15, 0.2) is 0 Å². The Morgan fingerprint density at radius 1 is 1.18 bits per heavy atom. The molecular weight excluding hydrogens is 349 g/mol. The SMILES string of the molecule is CC(=O)NS(=O)(=O)c1cnccc1Nc1cc(Cl)cc(Cl)c1. The van der Waals surface area contributed by atoms with E-state index in [1.54, 1.807) is 18.2 Å². The van der Waals surface area contributed by atoms with Gasteiger partial charge in [0.1, 0.15) is 4.90 Å². The van der Waals surface area contributed by atoms with Crippen LogP contribution < -0.4 is 10.0 Å². The van der Waals surface area contributed by atoms with Crippen LogP contribution in [0, 0.1) is 0 Å². The number of amides is 1. The molecule has 0 atom stereocenters. The molecule has 116 valence electrons. The van der Waals surface area contributed by atoms with E-state index in [1.165, 1.54) is 12.3 Å². The number of benzene rings is 1. The van der Waals surface area contributed by atoms with Crippen LogP contribution in [0.4, 0.5) is 11.4 Å². The first-order valence-electron chi connectivity index (χ1n) is 5.98. The van der Waals surface area contributed by atoms with Gasteiger partial charge in [0.25, 0.3) is 10.0 Å². The van der Waals surface area contributed by atoms with E-state index in [-0.39, 0.29) is 10.6 Å². The minimum absolute atomic E-state index is 0.165. The largest absolute Gasteiger partial charge is 0.354 e. The molecule has 6 nitrogen and oxygen atoms in total. The zero-order chi connectivity index (χ0) is 16.3. The third-order valence-corrected chi connectivity index (χ3v) is 4.39. The van der Waals surface area contributed by atoms with Gasteiger partial charge < -0.3 is 5.32 Å². The molecule has 0 saturated heterocycles. The maximum absolute atomic E-state index is 12.1. The molecule has 0 aliphatic carbocycles. The number of aromatic nitrogens is 1. The second kappa shape index (κ2) is 6.51. The first kappa shape index (κ1) is 16.5. The number of halogens is 2. The van der Waals surface area contributed by atoms with Gasteiger partial charge in [-0.1, -0.05) is 23.2 Å². The fourth-order valence-electron chi connectivity index (χ4n) is 1.72. The van der Waals surface area contributed by atoms with Crippen LogP contribution in [0.1, 0.15) is 6.92 Å². The zero-order valence-electron chi connectivity index (χ0n) is 11.3. The van der Waals surface area contributed by atoms with Crippen LogP contribution in [0.5, 0.6) is 0 Å². The second-order valence-corrected chi connectivity index (χ2v) is 6.84. The first-order valence-corrected chi connectivity index (χ1v) is 8.22. The van der Waals surface area contributed by atoms with Crippen LogP contribution in [-0.2, 0) is 14.8 Å². The zero-order valence-corrected chi connectivity index (χ0v) is 13.6. The second-order valence-electron chi connectivity index (χ2n) is 4.32. The quantitative estimate of drug-likeness (QED) is 0.875. The van der Waals surface area contributed by atoms with E-state index in [1.807, 2.05) is 4.72 Å². The van der Waals surface area contributed by atoms with Crippen LogP contribution >= 0.6 is 23.2 Å². The molecule has 1 amide bonds. The Morgan fingerprint density at radius 3 is 2.41 bits per heavy atom. The Bertz CT molecular complexity index is 805. The molecule has 1 aromatic carbocycles. The van der Waals surface area contributed by atoms with E-state index in [2.05, 4.69) is 10.3 Å². The lowest BCUT2D eigenvalue weighted by Gasteiger charge is -2.12. The predicted molar refractivity (Wildman–Crippen MR) is 85.0 cm³/mol. The molecule has 0 saturated carbocycles. The maximum atomic E-state index is 12.1. The van der Waals surface area contributed by atoms with Crippen molar-refractivity contribution in [3.8, 4) is 0 Å². The Labute approximate surface area is 137 Å². The van der Waals surface area contributed by atoms with Crippen molar-refractivity contribution in [2.24, 2.45) is 0 Å². The van der Waals surface area contributed by atoms with E-state index in [4.69, 9.17) is 23.2 Å². The molecule has 0 unspecified atom stereocenters. The van der Waals surface area contributed by atoms with Gasteiger partial charge in [-0.3, -0.25) is 9.78 Å². The van der Waals surface area contributed by atoms with Crippen LogP contribution in [0.2, 0.25) is 10.0 Å². The summed E-state index contributed by atoms with van der Waals surface area (Å²) in [5.74, 6) is -0.694. The summed E-state index contributed by atoms with van der Waals surface area (Å²) in [6.07, 6.45) is 2.56. The van der Waals surface area contributed by atoms with E-state index in [0.29, 0.717) is 15.7 Å². The predicted octanol–water partition coefficient (Wildman–Crippen LogP) is 2.96. The normalized spacial score (nSPS) is 11.0. The minimum atomic E-state index is -4.02. The first-order chi connectivity index (χ1) is 10.3. The summed E-state index contributed by atoms with van der Waals surface area (Å²) in [5, 5.41) is 3.69. The molecule has 0 bridgehead atoms. The molecule has 1 aromatic heterocycles. The third kappa shape index (κ3) is 4.09. The van der Waals surface area contributed by atoms with E-state index in [0.717, 1.165) is 13.1 Å². The summed E-state index contributed by atoms with van der Waals surface area (Å²) in [7, 11) is -4.02. The molecule has 1 heterocycles. The lowest BCUT2D eigenvalue weighted by molar-refractivity contribution is -0.117. The van der Waals surface area contributed by atoms with Crippen LogP contribution in [0.25, 0.3) is 0 Å². The van der Waals surface area contributed by atoms with Gasteiger partial charge >= 0.3 is 0 Å². The fourth-order valence-corrected chi connectivity index (χ4v) is 3.35. The van der Waals surface area contributed by atoms with Gasteiger partial charge in [-0.25, -0.2) is 13.1 Å². The minimum Gasteiger partial charge on any atom is -0.354 e. The molecule has 0 aliphatic heterocycles. The lowest BCUT2D eigenvalue weighted by Crippen LogP contribution is -2.28. The van der Waals surface area contributed by atoms with Crippen molar-refractivity contribution in [3.63, 3.8) is 0 Å². The van der Waals surface area contributed by atoms with Crippen molar-refractivity contribution in [2.45, 2.75) is 11.8 Å². The summed E-state index contributed by atoms with van der Waals surface area (Å²) >= 11 is 11.8. The van der Waals surface area contributed by atoms with Crippen LogP contribution in [0.3, 0.4) is 0 Å². The van der Waals surface area contributed by atoms with Gasteiger partial charge in [0, 0.05) is 35.1 Å². The number of rotatable bonds is 4. The van der Waals surface area contributed by atoms with Crippen molar-refractivity contribution >= 4 is 50.5 Å². The van der Waals surface area contributed by atoms with Crippen molar-refractivity contribution in [1.82, 2.24) is 9.71 Å². The molecule has 0 aliphatic rings. The van der Waals surface area contributed by atoms with Crippen molar-refractivity contribution in [1.29, 1.82) is 0 Å². The standard InChI is InChI=1S/C13H11Cl2N3O3S/c1-8(19)18-22(20,21)13-7-16-3-2-12(13)17-11-5-9(14)4-10(15)6-11/h2-7H,1H3,(H,16,17)(H,18,19). The highest BCUT2D eigenvalue weighted by Gasteiger charge is 2.20. The third-order valence-electron chi connectivity index (χ3n) is 2.49. The number of hydrogen-bond acceptors (Lipinski definition) is 5. The molecule has 2 N–H and O–H groups in total. The van der Waals surface area contributed by atoms with Gasteiger partial charge in [-0.05, 0) is 24.3 Å². The van der Waals surface area contributed by atoms with Gasteiger partial charge in [-0.2, -0.15) is 0 Å². The highest BCUT2D eigenvalue weighted by atomic mass is 35.5. The number of nitrogens with zero attached hydrogens (tertiary/aromatic N) is 1. The van der Waals surface area contributed by atoms with E-state index in [9.17, 15) is 13.2 Å². The Hall–Kier alpha value is -1.83. The highest BCUT2D eigenvalue weighted by Crippen LogP contribution is 2.28. The Balaban J connectivity index is 2.43. The van der Waals surface area contributed by atoms with Gasteiger partial charge in [0.05, 0.1) is 5.69 Å². The number of nitrogens with one attached hydrogen (secondary N) is 2. The topological polar surface area (TPSA) is 88.2 Å². The monoisotopic (exact) mass is 359 g/mol. The number of pyridine rings is 1. The average molecular weight is 360 g/mol. The smallest absolute Gasteiger partial charge is 0.267 e. The molecule has 2 aromatic rings. The lowest BCUT2D eigenvalue weighted by atomic mass is 10.3. The Morgan fingerprint density at radius 2 is 1.82 bits per heavy atom. The fraction of sp³-hybridized carbons (Fsp3) is 0.0769. The summed E-state index contributed by atoms with van der Waals surface area (Å²) < 4.78 is 26.1. The van der Waals surface area contributed by atoms with E-state index < -0.39 is 15.9 Å². The highest BCUT2D eigenvalue weighted by molar-refractivity contribution is 7.90. The molecule has 0 spiro atoms. The summed E-state index contributed by atoms with van der Waals surface area (Å²) in [4.78, 5) is 14.6. The number of anilines is 2. The van der Waals surface area contributed by atoms with Crippen LogP contribution in [0.15, 0.2) is 41.6 Å². The number of carbonyl (C=O) groups excluding carboxylic acids is 1. The number of carbonyl (C=O) groups is 1. The maximum Gasteiger partial charge on any atom is 0.267 e. The number of sulfonamides is 1. The molecule has 9 heteroatoms. The molecule has 2 rings (SSSR count). The van der Waals surface area contributed by atoms with Crippen molar-refractivity contribution < 1.29 is 13.2 Å². The van der Waals surface area contributed by atoms with Gasteiger partial charge in [0.2, 0.25) is 5.91 Å². The number of hydrogen-bond donors (Lipinski definition) is 2. The molecule has 0 radical (unpaired) electrons. The average Bonchev–Trinajstić information content (AvgIpc) is 2.36. The Kier molecular flexibility index (Phi) is 4.90. The van der Waals surface area contributed by atoms with Crippen molar-refractivity contribution in [2.75, 3.05) is 5.32 Å². The summed E-state index contributed by atoms with van der Waals surface area (Å²) in [6.45, 7) is 1.11. The van der Waals surface area contributed by atoms with Crippen LogP contribution in [-0.4, -0.2) is 19.3 Å². The molecule has 22 heavy (non-hydrogen) atoms. The summed E-state index contributed by atoms with van der Waals surface area (Å²) in [6, 6.07) is 6.19. The molecule has 0 fully saturated rings. The molecular formula is C13H11Cl2N3O3S. The van der Waals surface area contributed by atoms with E-state index >= 15 is 0 Å². The van der Waals surface area contributed by atoms with Gasteiger partial charge in [-0.15, -0.1) is 0 Å².